The van der Waals surface area contributed by atoms with Gasteiger partial charge in [0, 0.05) is 5.92 Å². The predicted octanol–water partition coefficient (Wildman–Crippen LogP) is 3.54. The second kappa shape index (κ2) is 5.69. The molecule has 0 heterocycles. The summed E-state index contributed by atoms with van der Waals surface area (Å²) in [7, 11) is 0. The fourth-order valence-corrected chi connectivity index (χ4v) is 1.83. The van der Waals surface area contributed by atoms with Gasteiger partial charge in [-0.1, -0.05) is 42.5 Å². The largest absolute Gasteiger partial charge is 0.413 e. The van der Waals surface area contributed by atoms with E-state index in [1.165, 1.54) is 5.56 Å². The van der Waals surface area contributed by atoms with Crippen LogP contribution in [0.1, 0.15) is 31.7 Å². The molecule has 0 saturated heterocycles. The molecular weight excluding hydrogens is 210 g/mol. The smallest absolute Gasteiger partial charge is 0.121 e. The quantitative estimate of drug-likeness (QED) is 0.473. The molecule has 0 aromatic heterocycles. The summed E-state index contributed by atoms with van der Waals surface area (Å²) >= 11 is 0. The summed E-state index contributed by atoms with van der Waals surface area (Å²) in [5.41, 5.74) is 4.50. The van der Waals surface area contributed by atoms with Crippen LogP contribution in [0.15, 0.2) is 54.3 Å². The van der Waals surface area contributed by atoms with Gasteiger partial charge >= 0.3 is 0 Å². The summed E-state index contributed by atoms with van der Waals surface area (Å²) in [4.78, 5) is 5.48. The van der Waals surface area contributed by atoms with Crippen molar-refractivity contribution in [2.24, 2.45) is 0 Å². The zero-order valence-corrected chi connectivity index (χ0v) is 10.4. The van der Waals surface area contributed by atoms with Gasteiger partial charge in [-0.2, -0.15) is 5.48 Å². The van der Waals surface area contributed by atoms with Gasteiger partial charge in [0.05, 0.1) is 6.04 Å². The van der Waals surface area contributed by atoms with Gasteiger partial charge in [-0.15, -0.1) is 0 Å². The molecule has 1 N–H and O–H groups in total. The highest BCUT2D eigenvalue weighted by molar-refractivity contribution is 5.27. The van der Waals surface area contributed by atoms with Crippen molar-refractivity contribution in [3.8, 4) is 0 Å². The number of rotatable bonds is 5. The Bertz CT molecular complexity index is 408. The molecule has 0 aliphatic heterocycles. The van der Waals surface area contributed by atoms with Crippen LogP contribution in [0.25, 0.3) is 0 Å². The minimum absolute atomic E-state index is 0.450. The Kier molecular flexibility index (Phi) is 3.99. The van der Waals surface area contributed by atoms with E-state index in [2.05, 4.69) is 35.8 Å². The molecule has 2 rings (SSSR count). The van der Waals surface area contributed by atoms with Crippen molar-refractivity contribution in [2.75, 3.05) is 0 Å². The Hall–Kier alpha value is -1.54. The van der Waals surface area contributed by atoms with Crippen molar-refractivity contribution >= 4 is 0 Å². The van der Waals surface area contributed by atoms with Gasteiger partial charge in [-0.3, -0.25) is 0 Å². The highest BCUT2D eigenvalue weighted by Gasteiger charge is 2.38. The number of hydrogen-bond acceptors (Lipinski definition) is 2. The molecule has 2 unspecified atom stereocenters. The van der Waals surface area contributed by atoms with Crippen LogP contribution in [-0.2, 0) is 4.84 Å². The second-order valence-electron chi connectivity index (χ2n) is 4.38. The first-order valence-electron chi connectivity index (χ1n) is 6.08. The average molecular weight is 229 g/mol. The van der Waals surface area contributed by atoms with E-state index >= 15 is 0 Å². The minimum atomic E-state index is 0.450. The molecule has 1 aromatic rings. The molecular formula is C15H19NO. The van der Waals surface area contributed by atoms with Gasteiger partial charge in [0.25, 0.3) is 0 Å². The zero-order chi connectivity index (χ0) is 12.1. The maximum absolute atomic E-state index is 5.48. The molecule has 90 valence electrons. The van der Waals surface area contributed by atoms with E-state index in [0.717, 1.165) is 12.2 Å². The highest BCUT2D eigenvalue weighted by Crippen LogP contribution is 2.40. The molecule has 2 atom stereocenters. The van der Waals surface area contributed by atoms with Crippen molar-refractivity contribution in [2.45, 2.75) is 32.2 Å². The summed E-state index contributed by atoms with van der Waals surface area (Å²) in [6, 6.07) is 11.0. The van der Waals surface area contributed by atoms with Crippen LogP contribution in [0.3, 0.4) is 0 Å². The summed E-state index contributed by atoms with van der Waals surface area (Å²) in [5, 5.41) is 0. The topological polar surface area (TPSA) is 21.3 Å². The van der Waals surface area contributed by atoms with E-state index in [-0.39, 0.29) is 0 Å². The average Bonchev–Trinajstić information content (AvgIpc) is 3.14. The van der Waals surface area contributed by atoms with Crippen LogP contribution >= 0.6 is 0 Å². The molecule has 0 bridgehead atoms. The third-order valence-corrected chi connectivity index (χ3v) is 2.91. The first-order chi connectivity index (χ1) is 8.31. The fraction of sp³-hybridized carbons (Fsp3) is 0.333. The van der Waals surface area contributed by atoms with Gasteiger partial charge in [0.2, 0.25) is 0 Å². The van der Waals surface area contributed by atoms with Crippen molar-refractivity contribution in [3.05, 3.63) is 59.9 Å². The second-order valence-corrected chi connectivity index (χ2v) is 4.38. The zero-order valence-electron chi connectivity index (χ0n) is 10.4. The summed E-state index contributed by atoms with van der Waals surface area (Å²) in [6.45, 7) is 3.94. The van der Waals surface area contributed by atoms with Gasteiger partial charge in [0.15, 0.2) is 0 Å². The minimum Gasteiger partial charge on any atom is -0.413 e. The molecule has 1 saturated carbocycles. The number of allylic oxidation sites excluding steroid dienone is 4. The molecule has 17 heavy (non-hydrogen) atoms. The summed E-state index contributed by atoms with van der Waals surface area (Å²) < 4.78 is 0. The third-order valence-electron chi connectivity index (χ3n) is 2.91. The van der Waals surface area contributed by atoms with Crippen LogP contribution in [0.2, 0.25) is 0 Å². The Morgan fingerprint density at radius 3 is 2.82 bits per heavy atom. The lowest BCUT2D eigenvalue weighted by atomic mass is 10.1. The predicted molar refractivity (Wildman–Crippen MR) is 70.4 cm³/mol. The standard InChI is InChI=1S/C15H19NO/c1-3-4-8-12(2)17-16-15-11-14(15)13-9-6-5-7-10-13/h3-10,14-16H,11H2,1-2H3/b4-3-,12-8+. The Labute approximate surface area is 103 Å². The monoisotopic (exact) mass is 229 g/mol. The Morgan fingerprint density at radius 1 is 1.35 bits per heavy atom. The number of hydrogen-bond donors (Lipinski definition) is 1. The SMILES string of the molecule is C/C=C\C=C(/C)ONC1CC1c1ccccc1. The molecule has 1 aliphatic rings. The maximum Gasteiger partial charge on any atom is 0.121 e. The molecule has 2 nitrogen and oxygen atoms in total. The van der Waals surface area contributed by atoms with Crippen molar-refractivity contribution in [3.63, 3.8) is 0 Å². The number of nitrogens with one attached hydrogen (secondary N) is 1. The van der Waals surface area contributed by atoms with Gasteiger partial charge in [-0.05, 0) is 31.9 Å². The molecule has 1 aliphatic carbocycles. The van der Waals surface area contributed by atoms with E-state index < -0.39 is 0 Å². The van der Waals surface area contributed by atoms with Crippen LogP contribution in [0, 0.1) is 0 Å². The van der Waals surface area contributed by atoms with Gasteiger partial charge < -0.3 is 4.84 Å². The lowest BCUT2D eigenvalue weighted by molar-refractivity contribution is 0.0997. The normalized spacial score (nSPS) is 24.0. The van der Waals surface area contributed by atoms with E-state index in [0.29, 0.717) is 12.0 Å². The first-order valence-corrected chi connectivity index (χ1v) is 6.08. The van der Waals surface area contributed by atoms with Crippen LogP contribution in [0.4, 0.5) is 0 Å². The summed E-state index contributed by atoms with van der Waals surface area (Å²) in [5.74, 6) is 1.49. The fourth-order valence-electron chi connectivity index (χ4n) is 1.83. The first kappa shape index (κ1) is 11.9. The van der Waals surface area contributed by atoms with E-state index in [9.17, 15) is 0 Å². The van der Waals surface area contributed by atoms with Crippen LogP contribution in [0.5, 0.6) is 0 Å². The third kappa shape index (κ3) is 3.46. The molecule has 0 radical (unpaired) electrons. The van der Waals surface area contributed by atoms with Crippen molar-refractivity contribution in [1.29, 1.82) is 0 Å². The molecule has 1 fully saturated rings. The Morgan fingerprint density at radius 2 is 2.12 bits per heavy atom. The van der Waals surface area contributed by atoms with E-state index in [1.807, 2.05) is 32.1 Å². The van der Waals surface area contributed by atoms with Gasteiger partial charge in [0.1, 0.15) is 5.76 Å². The van der Waals surface area contributed by atoms with Gasteiger partial charge in [-0.25, -0.2) is 0 Å². The van der Waals surface area contributed by atoms with Crippen molar-refractivity contribution < 1.29 is 4.84 Å². The number of hydroxylamine groups is 1. The lowest BCUT2D eigenvalue weighted by Gasteiger charge is -2.06. The van der Waals surface area contributed by atoms with E-state index in [1.54, 1.807) is 0 Å². The van der Waals surface area contributed by atoms with Crippen LogP contribution in [-0.4, -0.2) is 6.04 Å². The summed E-state index contributed by atoms with van der Waals surface area (Å²) in [6.07, 6.45) is 7.06. The molecule has 1 aromatic carbocycles. The molecule has 0 spiro atoms. The highest BCUT2D eigenvalue weighted by atomic mass is 16.6. The molecule has 2 heteroatoms. The molecule has 0 amide bonds. The van der Waals surface area contributed by atoms with Crippen molar-refractivity contribution in [1.82, 2.24) is 5.48 Å². The lowest BCUT2D eigenvalue weighted by Crippen LogP contribution is -2.17. The Balaban J connectivity index is 1.77. The van der Waals surface area contributed by atoms with E-state index in [4.69, 9.17) is 4.84 Å². The maximum atomic E-state index is 5.48. The number of benzene rings is 1. The van der Waals surface area contributed by atoms with Crippen LogP contribution < -0.4 is 5.48 Å².